The zero-order chi connectivity index (χ0) is 16.4. The van der Waals surface area contributed by atoms with Crippen molar-refractivity contribution in [2.24, 2.45) is 0 Å². The fourth-order valence-electron chi connectivity index (χ4n) is 2.75. The van der Waals surface area contributed by atoms with Crippen LogP contribution in [0.4, 0.5) is 0 Å². The van der Waals surface area contributed by atoms with Crippen LogP contribution in [0.2, 0.25) is 0 Å². The van der Waals surface area contributed by atoms with E-state index in [2.05, 4.69) is 48.1 Å². The van der Waals surface area contributed by atoms with Gasteiger partial charge in [0.25, 0.3) is 0 Å². The molecule has 0 aliphatic heterocycles. The minimum atomic E-state index is 0.636. The van der Waals surface area contributed by atoms with Crippen LogP contribution in [0.3, 0.4) is 0 Å². The highest BCUT2D eigenvalue weighted by Gasteiger charge is 2.08. The lowest BCUT2D eigenvalue weighted by atomic mass is 10.00. The van der Waals surface area contributed by atoms with Crippen LogP contribution in [0.1, 0.15) is 22.3 Å². The molecule has 0 N–H and O–H groups in total. The molecule has 0 saturated heterocycles. The summed E-state index contributed by atoms with van der Waals surface area (Å²) in [5.74, 6) is 0. The van der Waals surface area contributed by atoms with E-state index in [9.17, 15) is 0 Å². The van der Waals surface area contributed by atoms with E-state index in [4.69, 9.17) is 5.26 Å². The molecule has 3 aromatic rings. The number of hydrogen-bond donors (Lipinski definition) is 0. The maximum Gasteiger partial charge on any atom is 0.116 e. The van der Waals surface area contributed by atoms with Gasteiger partial charge in [-0.05, 0) is 56.7 Å². The van der Waals surface area contributed by atoms with Gasteiger partial charge in [0.2, 0.25) is 0 Å². The first-order valence-electron chi connectivity index (χ1n) is 7.48. The van der Waals surface area contributed by atoms with Crippen LogP contribution in [0.5, 0.6) is 0 Å². The highest BCUT2D eigenvalue weighted by molar-refractivity contribution is 5.71. The molecule has 0 bridgehead atoms. The lowest BCUT2D eigenvalue weighted by Crippen LogP contribution is -1.93. The van der Waals surface area contributed by atoms with Gasteiger partial charge in [0, 0.05) is 11.1 Å². The Morgan fingerprint density at radius 2 is 1.52 bits per heavy atom. The van der Waals surface area contributed by atoms with E-state index in [0.717, 1.165) is 28.1 Å². The summed E-state index contributed by atoms with van der Waals surface area (Å²) in [7, 11) is 0. The molecule has 0 radical (unpaired) electrons. The van der Waals surface area contributed by atoms with E-state index in [0.29, 0.717) is 5.56 Å². The minimum absolute atomic E-state index is 0.636. The molecule has 2 aromatic carbocycles. The normalized spacial score (nSPS) is 10.3. The van der Waals surface area contributed by atoms with Crippen molar-refractivity contribution in [1.82, 2.24) is 9.97 Å². The molecule has 0 fully saturated rings. The predicted molar refractivity (Wildman–Crippen MR) is 91.8 cm³/mol. The van der Waals surface area contributed by atoms with E-state index >= 15 is 0 Å². The molecule has 3 nitrogen and oxygen atoms in total. The molecule has 0 aliphatic carbocycles. The summed E-state index contributed by atoms with van der Waals surface area (Å²) in [6.45, 7) is 6.19. The highest BCUT2D eigenvalue weighted by atomic mass is 14.8. The number of nitrogens with zero attached hydrogens (tertiary/aromatic N) is 3. The van der Waals surface area contributed by atoms with Crippen molar-refractivity contribution >= 4 is 0 Å². The second kappa shape index (κ2) is 6.02. The quantitative estimate of drug-likeness (QED) is 0.694. The summed E-state index contributed by atoms with van der Waals surface area (Å²) in [4.78, 5) is 8.81. The molecule has 1 heterocycles. The summed E-state index contributed by atoms with van der Waals surface area (Å²) in [5.41, 5.74) is 7.93. The van der Waals surface area contributed by atoms with Crippen LogP contribution in [0.15, 0.2) is 48.8 Å². The Balaban J connectivity index is 2.12. The third-order valence-corrected chi connectivity index (χ3v) is 3.83. The molecular weight excluding hydrogens is 282 g/mol. The number of nitriles is 1. The van der Waals surface area contributed by atoms with Crippen LogP contribution < -0.4 is 0 Å². The monoisotopic (exact) mass is 299 g/mol. The van der Waals surface area contributed by atoms with E-state index in [1.54, 1.807) is 6.33 Å². The average molecular weight is 299 g/mol. The van der Waals surface area contributed by atoms with Gasteiger partial charge in [-0.3, -0.25) is 0 Å². The first-order chi connectivity index (χ1) is 11.1. The van der Waals surface area contributed by atoms with Crippen LogP contribution in [-0.2, 0) is 0 Å². The lowest BCUT2D eigenvalue weighted by Gasteiger charge is -2.09. The van der Waals surface area contributed by atoms with Crippen molar-refractivity contribution in [3.63, 3.8) is 0 Å². The van der Waals surface area contributed by atoms with Crippen molar-refractivity contribution in [2.45, 2.75) is 20.8 Å². The first-order valence-corrected chi connectivity index (χ1v) is 7.48. The van der Waals surface area contributed by atoms with Gasteiger partial charge in [0.1, 0.15) is 6.33 Å². The molecule has 0 saturated carbocycles. The number of hydrogen-bond acceptors (Lipinski definition) is 3. The molecule has 1 aromatic heterocycles. The Kier molecular flexibility index (Phi) is 3.91. The molecule has 3 heteroatoms. The number of rotatable bonds is 2. The Morgan fingerprint density at radius 3 is 2.22 bits per heavy atom. The van der Waals surface area contributed by atoms with Gasteiger partial charge in [0.15, 0.2) is 0 Å². The molecule has 112 valence electrons. The van der Waals surface area contributed by atoms with Crippen LogP contribution >= 0.6 is 0 Å². The fourth-order valence-corrected chi connectivity index (χ4v) is 2.75. The van der Waals surface area contributed by atoms with E-state index in [-0.39, 0.29) is 0 Å². The van der Waals surface area contributed by atoms with Crippen LogP contribution in [-0.4, -0.2) is 9.97 Å². The van der Waals surface area contributed by atoms with Crippen molar-refractivity contribution in [2.75, 3.05) is 0 Å². The first kappa shape index (κ1) is 14.9. The van der Waals surface area contributed by atoms with Gasteiger partial charge in [-0.2, -0.15) is 5.26 Å². The molecule has 23 heavy (non-hydrogen) atoms. The van der Waals surface area contributed by atoms with Crippen molar-refractivity contribution < 1.29 is 0 Å². The molecule has 0 aliphatic rings. The summed E-state index contributed by atoms with van der Waals surface area (Å²) < 4.78 is 0. The third-order valence-electron chi connectivity index (χ3n) is 3.83. The van der Waals surface area contributed by atoms with Gasteiger partial charge >= 0.3 is 0 Å². The predicted octanol–water partition coefficient (Wildman–Crippen LogP) is 4.61. The summed E-state index contributed by atoms with van der Waals surface area (Å²) in [6.07, 6.45) is 1.58. The van der Waals surface area contributed by atoms with Gasteiger partial charge in [0.05, 0.1) is 23.0 Å². The van der Waals surface area contributed by atoms with E-state index in [1.165, 1.54) is 11.1 Å². The molecular formula is C20H17N3. The highest BCUT2D eigenvalue weighted by Crippen LogP contribution is 2.27. The van der Waals surface area contributed by atoms with Crippen LogP contribution in [0, 0.1) is 32.1 Å². The summed E-state index contributed by atoms with van der Waals surface area (Å²) in [6, 6.07) is 16.2. The molecule has 3 rings (SSSR count). The molecule has 0 amide bonds. The zero-order valence-corrected chi connectivity index (χ0v) is 13.5. The minimum Gasteiger partial charge on any atom is -0.236 e. The largest absolute Gasteiger partial charge is 0.236 e. The molecule has 0 spiro atoms. The third kappa shape index (κ3) is 3.12. The fraction of sp³-hybridized carbons (Fsp3) is 0.150. The Morgan fingerprint density at radius 1 is 0.826 bits per heavy atom. The van der Waals surface area contributed by atoms with E-state index < -0.39 is 0 Å². The summed E-state index contributed by atoms with van der Waals surface area (Å²) in [5, 5.41) is 9.11. The number of aromatic nitrogens is 2. The maximum absolute atomic E-state index is 9.11. The van der Waals surface area contributed by atoms with Crippen molar-refractivity contribution in [3.05, 3.63) is 71.0 Å². The van der Waals surface area contributed by atoms with Gasteiger partial charge < -0.3 is 0 Å². The topological polar surface area (TPSA) is 49.6 Å². The zero-order valence-electron chi connectivity index (χ0n) is 13.5. The van der Waals surface area contributed by atoms with Gasteiger partial charge in [-0.15, -0.1) is 0 Å². The standard InChI is InChI=1S/C20H17N3/c1-13-6-14(2)8-17(7-13)19-10-20(23-12-22-19)18-9-16(11-21)5-4-15(18)3/h4-10,12H,1-3H3. The van der Waals surface area contributed by atoms with E-state index in [1.807, 2.05) is 31.2 Å². The SMILES string of the molecule is Cc1cc(C)cc(-c2cc(-c3cc(C#N)ccc3C)ncn2)c1. The number of aryl methyl sites for hydroxylation is 3. The number of benzene rings is 2. The molecule has 0 atom stereocenters. The second-order valence-corrected chi connectivity index (χ2v) is 5.81. The molecule has 0 unspecified atom stereocenters. The Bertz CT molecular complexity index is 900. The second-order valence-electron chi connectivity index (χ2n) is 5.81. The van der Waals surface area contributed by atoms with Crippen molar-refractivity contribution in [3.8, 4) is 28.6 Å². The smallest absolute Gasteiger partial charge is 0.116 e. The van der Waals surface area contributed by atoms with Crippen LogP contribution in [0.25, 0.3) is 22.5 Å². The lowest BCUT2D eigenvalue weighted by molar-refractivity contribution is 1.17. The Hall–Kier alpha value is -2.99. The van der Waals surface area contributed by atoms with Gasteiger partial charge in [-0.1, -0.05) is 23.3 Å². The van der Waals surface area contributed by atoms with Gasteiger partial charge in [-0.25, -0.2) is 9.97 Å². The summed E-state index contributed by atoms with van der Waals surface area (Å²) >= 11 is 0. The average Bonchev–Trinajstić information content (AvgIpc) is 2.54. The Labute approximate surface area is 136 Å². The maximum atomic E-state index is 9.11. The van der Waals surface area contributed by atoms with Crippen molar-refractivity contribution in [1.29, 1.82) is 5.26 Å².